The molecule has 148 valence electrons. The van der Waals surface area contributed by atoms with Crippen LogP contribution in [0, 0.1) is 5.92 Å². The predicted molar refractivity (Wildman–Crippen MR) is 105 cm³/mol. The first-order valence-corrected chi connectivity index (χ1v) is 9.31. The van der Waals surface area contributed by atoms with Gasteiger partial charge in [0.2, 0.25) is 0 Å². The Labute approximate surface area is 164 Å². The van der Waals surface area contributed by atoms with E-state index >= 15 is 0 Å². The average Bonchev–Trinajstić information content (AvgIpc) is 3.03. The highest BCUT2D eigenvalue weighted by molar-refractivity contribution is 5.82. The molecule has 0 aromatic heterocycles. The molecule has 1 aliphatic rings. The van der Waals surface area contributed by atoms with E-state index in [0.29, 0.717) is 0 Å². The molecule has 0 radical (unpaired) electrons. The van der Waals surface area contributed by atoms with Crippen LogP contribution in [-0.2, 0) is 14.3 Å². The summed E-state index contributed by atoms with van der Waals surface area (Å²) in [5.74, 6) is -1.03. The highest BCUT2D eigenvalue weighted by Gasteiger charge is 2.33. The summed E-state index contributed by atoms with van der Waals surface area (Å²) in [5.41, 5.74) is 4.47. The summed E-state index contributed by atoms with van der Waals surface area (Å²) in [4.78, 5) is 24.3. The summed E-state index contributed by atoms with van der Waals surface area (Å²) < 4.78 is 10.1. The molecule has 0 spiro atoms. The minimum atomic E-state index is -1.18. The Kier molecular flexibility index (Phi) is 5.99. The van der Waals surface area contributed by atoms with E-state index in [2.05, 4.69) is 22.2 Å². The Bertz CT molecular complexity index is 818. The minimum Gasteiger partial charge on any atom is -0.467 e. The van der Waals surface area contributed by atoms with Gasteiger partial charge in [-0.2, -0.15) is 0 Å². The zero-order chi connectivity index (χ0) is 20.3. The standard InChI is InChI=1S/C22H25NO5/c1-13(2)20(24)19(21(25)27-3)23-22(26)28-12-18-16-10-6-4-8-14(16)15-9-5-7-11-17(15)18/h4-11,13,18-20,24H,12H2,1-3H3,(H,23,26)/t19-,20+/m0/s1. The maximum absolute atomic E-state index is 12.3. The molecule has 2 atom stereocenters. The van der Waals surface area contributed by atoms with Crippen molar-refractivity contribution in [3.05, 3.63) is 59.7 Å². The predicted octanol–water partition coefficient (Wildman–Crippen LogP) is 3.08. The zero-order valence-corrected chi connectivity index (χ0v) is 16.2. The number of esters is 1. The van der Waals surface area contributed by atoms with Crippen molar-refractivity contribution in [1.82, 2.24) is 5.32 Å². The number of rotatable bonds is 6. The van der Waals surface area contributed by atoms with Crippen molar-refractivity contribution >= 4 is 12.1 Å². The molecule has 28 heavy (non-hydrogen) atoms. The van der Waals surface area contributed by atoms with Gasteiger partial charge in [0.15, 0.2) is 6.04 Å². The Balaban J connectivity index is 1.71. The fraction of sp³-hybridized carbons (Fsp3) is 0.364. The second-order valence-electron chi connectivity index (χ2n) is 7.21. The SMILES string of the molecule is COC(=O)[C@@H](NC(=O)OCC1c2ccccc2-c2ccccc21)[C@H](O)C(C)C. The average molecular weight is 383 g/mol. The van der Waals surface area contributed by atoms with Crippen molar-refractivity contribution in [3.8, 4) is 11.1 Å². The summed E-state index contributed by atoms with van der Waals surface area (Å²) in [7, 11) is 1.21. The number of fused-ring (bicyclic) bond motifs is 3. The van der Waals surface area contributed by atoms with E-state index < -0.39 is 24.2 Å². The monoisotopic (exact) mass is 383 g/mol. The number of hydrogen-bond donors (Lipinski definition) is 2. The third-order valence-corrected chi connectivity index (χ3v) is 5.10. The first-order valence-electron chi connectivity index (χ1n) is 9.31. The van der Waals surface area contributed by atoms with E-state index in [1.54, 1.807) is 13.8 Å². The largest absolute Gasteiger partial charge is 0.467 e. The number of carbonyl (C=O) groups excluding carboxylic acids is 2. The number of aliphatic hydroxyl groups is 1. The van der Waals surface area contributed by atoms with Gasteiger partial charge >= 0.3 is 12.1 Å². The lowest BCUT2D eigenvalue weighted by Gasteiger charge is -2.24. The maximum atomic E-state index is 12.3. The van der Waals surface area contributed by atoms with Crippen LogP contribution >= 0.6 is 0 Å². The van der Waals surface area contributed by atoms with Crippen molar-refractivity contribution in [3.63, 3.8) is 0 Å². The van der Waals surface area contributed by atoms with Gasteiger partial charge in [-0.05, 0) is 28.2 Å². The quantitative estimate of drug-likeness (QED) is 0.749. The lowest BCUT2D eigenvalue weighted by atomic mass is 9.98. The number of benzene rings is 2. The van der Waals surface area contributed by atoms with Crippen LogP contribution in [0.3, 0.4) is 0 Å². The summed E-state index contributed by atoms with van der Waals surface area (Å²) >= 11 is 0. The summed E-state index contributed by atoms with van der Waals surface area (Å²) in [6, 6.07) is 14.9. The second kappa shape index (κ2) is 8.44. The van der Waals surface area contributed by atoms with E-state index in [9.17, 15) is 14.7 Å². The van der Waals surface area contributed by atoms with Crippen molar-refractivity contribution in [1.29, 1.82) is 0 Å². The number of alkyl carbamates (subject to hydrolysis) is 1. The molecule has 6 heteroatoms. The van der Waals surface area contributed by atoms with Gasteiger partial charge < -0.3 is 19.9 Å². The summed E-state index contributed by atoms with van der Waals surface area (Å²) in [5, 5.41) is 12.6. The molecule has 1 aliphatic carbocycles. The van der Waals surface area contributed by atoms with Gasteiger partial charge in [-0.3, -0.25) is 0 Å². The highest BCUT2D eigenvalue weighted by atomic mass is 16.6. The molecule has 0 bridgehead atoms. The molecular weight excluding hydrogens is 358 g/mol. The first-order chi connectivity index (χ1) is 13.4. The van der Waals surface area contributed by atoms with Crippen LogP contribution in [0.4, 0.5) is 4.79 Å². The molecule has 0 saturated heterocycles. The number of methoxy groups -OCH3 is 1. The molecule has 6 nitrogen and oxygen atoms in total. The van der Waals surface area contributed by atoms with Crippen LogP contribution in [0.5, 0.6) is 0 Å². The number of nitrogens with one attached hydrogen (secondary N) is 1. The number of carbonyl (C=O) groups is 2. The lowest BCUT2D eigenvalue weighted by Crippen LogP contribution is -2.51. The number of aliphatic hydroxyl groups excluding tert-OH is 1. The van der Waals surface area contributed by atoms with Gasteiger partial charge in [0.25, 0.3) is 0 Å². The first kappa shape index (κ1) is 19.9. The summed E-state index contributed by atoms with van der Waals surface area (Å²) in [6.07, 6.45) is -1.84. The minimum absolute atomic E-state index is 0.0789. The zero-order valence-electron chi connectivity index (χ0n) is 16.2. The Hall–Kier alpha value is -2.86. The molecule has 3 rings (SSSR count). The van der Waals surface area contributed by atoms with E-state index in [1.807, 2.05) is 36.4 Å². The van der Waals surface area contributed by atoms with Crippen molar-refractivity contribution in [2.24, 2.45) is 5.92 Å². The Morgan fingerprint density at radius 2 is 1.57 bits per heavy atom. The topological polar surface area (TPSA) is 84.9 Å². The van der Waals surface area contributed by atoms with E-state index in [1.165, 1.54) is 7.11 Å². The van der Waals surface area contributed by atoms with Crippen molar-refractivity contribution in [2.75, 3.05) is 13.7 Å². The van der Waals surface area contributed by atoms with Crippen LogP contribution in [0.15, 0.2) is 48.5 Å². The van der Waals surface area contributed by atoms with Gasteiger partial charge in [-0.25, -0.2) is 9.59 Å². The van der Waals surface area contributed by atoms with Gasteiger partial charge in [0.1, 0.15) is 6.61 Å². The van der Waals surface area contributed by atoms with Crippen LogP contribution in [0.1, 0.15) is 30.9 Å². The van der Waals surface area contributed by atoms with Gasteiger partial charge in [0.05, 0.1) is 13.2 Å². The summed E-state index contributed by atoms with van der Waals surface area (Å²) in [6.45, 7) is 3.63. The molecule has 0 unspecified atom stereocenters. The Morgan fingerprint density at radius 1 is 1.04 bits per heavy atom. The third kappa shape index (κ3) is 3.87. The van der Waals surface area contributed by atoms with Gasteiger partial charge in [-0.15, -0.1) is 0 Å². The fourth-order valence-electron chi connectivity index (χ4n) is 3.56. The molecule has 2 aromatic rings. The number of amides is 1. The molecule has 2 aromatic carbocycles. The molecule has 0 aliphatic heterocycles. The second-order valence-corrected chi connectivity index (χ2v) is 7.21. The third-order valence-electron chi connectivity index (χ3n) is 5.10. The van der Waals surface area contributed by atoms with Crippen molar-refractivity contribution in [2.45, 2.75) is 31.9 Å². The fourth-order valence-corrected chi connectivity index (χ4v) is 3.56. The normalized spacial score (nSPS) is 14.8. The molecule has 0 saturated carbocycles. The van der Waals surface area contributed by atoms with Crippen LogP contribution in [0.2, 0.25) is 0 Å². The Morgan fingerprint density at radius 3 is 2.07 bits per heavy atom. The molecular formula is C22H25NO5. The number of ether oxygens (including phenoxy) is 2. The smallest absolute Gasteiger partial charge is 0.407 e. The van der Waals surface area contributed by atoms with E-state index in [-0.39, 0.29) is 18.4 Å². The van der Waals surface area contributed by atoms with Crippen LogP contribution in [0.25, 0.3) is 11.1 Å². The van der Waals surface area contributed by atoms with E-state index in [0.717, 1.165) is 22.3 Å². The van der Waals surface area contributed by atoms with Gasteiger partial charge in [0, 0.05) is 5.92 Å². The van der Waals surface area contributed by atoms with Crippen LogP contribution in [-0.4, -0.2) is 43.0 Å². The number of hydrogen-bond acceptors (Lipinski definition) is 5. The van der Waals surface area contributed by atoms with Gasteiger partial charge in [-0.1, -0.05) is 62.4 Å². The molecule has 0 heterocycles. The van der Waals surface area contributed by atoms with Crippen LogP contribution < -0.4 is 5.32 Å². The molecule has 1 amide bonds. The highest BCUT2D eigenvalue weighted by Crippen LogP contribution is 2.44. The van der Waals surface area contributed by atoms with Crippen molar-refractivity contribution < 1.29 is 24.2 Å². The van der Waals surface area contributed by atoms with E-state index in [4.69, 9.17) is 4.74 Å². The molecule has 2 N–H and O–H groups in total. The maximum Gasteiger partial charge on any atom is 0.407 e. The lowest BCUT2D eigenvalue weighted by molar-refractivity contribution is -0.146. The molecule has 0 fully saturated rings.